The van der Waals surface area contributed by atoms with Gasteiger partial charge in [0, 0.05) is 38.0 Å². The molecule has 2 heterocycles. The Balaban J connectivity index is 1.75. The van der Waals surface area contributed by atoms with Crippen LogP contribution in [0.25, 0.3) is 0 Å². The smallest absolute Gasteiger partial charge is 0.272 e. The maximum Gasteiger partial charge on any atom is 0.272 e. The molecule has 1 N–H and O–H groups in total. The van der Waals surface area contributed by atoms with Crippen LogP contribution >= 0.6 is 0 Å². The van der Waals surface area contributed by atoms with Crippen molar-refractivity contribution < 1.29 is 9.59 Å². The van der Waals surface area contributed by atoms with Crippen molar-refractivity contribution in [3.63, 3.8) is 0 Å². The summed E-state index contributed by atoms with van der Waals surface area (Å²) in [6.07, 6.45) is 0.842. The van der Waals surface area contributed by atoms with Crippen molar-refractivity contribution in [3.05, 3.63) is 52.5 Å². The minimum absolute atomic E-state index is 0.126. The van der Waals surface area contributed by atoms with Gasteiger partial charge in [-0.1, -0.05) is 45.0 Å². The number of anilines is 1. The molecule has 0 spiro atoms. The molecule has 6 nitrogen and oxygen atoms in total. The van der Waals surface area contributed by atoms with Crippen LogP contribution in [0.2, 0.25) is 0 Å². The molecule has 1 amide bonds. The molecule has 3 rings (SSSR count). The van der Waals surface area contributed by atoms with Gasteiger partial charge in [0.1, 0.15) is 23.1 Å². The van der Waals surface area contributed by atoms with Crippen molar-refractivity contribution in [2.75, 3.05) is 18.4 Å². The Morgan fingerprint density at radius 2 is 1.69 bits per heavy atom. The van der Waals surface area contributed by atoms with Crippen LogP contribution in [-0.4, -0.2) is 39.6 Å². The lowest BCUT2D eigenvalue weighted by atomic mass is 9.87. The highest BCUT2D eigenvalue weighted by molar-refractivity contribution is 5.96. The topological polar surface area (TPSA) is 75.2 Å². The summed E-state index contributed by atoms with van der Waals surface area (Å²) in [5.74, 6) is 1.31. The number of amides is 1. The third-order valence-electron chi connectivity index (χ3n) is 5.35. The first kappa shape index (κ1) is 21.0. The summed E-state index contributed by atoms with van der Waals surface area (Å²) in [4.78, 5) is 35.0. The predicted octanol–water partition coefficient (Wildman–Crippen LogP) is 3.81. The van der Waals surface area contributed by atoms with E-state index in [1.807, 2.05) is 6.92 Å². The number of ketones is 1. The van der Waals surface area contributed by atoms with E-state index < -0.39 is 0 Å². The first-order valence-electron chi connectivity index (χ1n) is 10.1. The molecule has 1 fully saturated rings. The number of Topliss-reactive ketones (excluding diaryl/α,β-unsaturated/α-hetero) is 1. The van der Waals surface area contributed by atoms with E-state index in [1.165, 1.54) is 5.56 Å². The van der Waals surface area contributed by atoms with Crippen LogP contribution in [0.15, 0.2) is 24.3 Å². The number of hydrogen-bond acceptors (Lipinski definition) is 5. The zero-order chi connectivity index (χ0) is 21.2. The number of carbonyl (C=O) groups is 2. The van der Waals surface area contributed by atoms with Gasteiger partial charge in [0.2, 0.25) is 0 Å². The molecule has 0 atom stereocenters. The van der Waals surface area contributed by atoms with E-state index in [2.05, 4.69) is 60.3 Å². The number of aromatic nitrogens is 2. The van der Waals surface area contributed by atoms with Crippen LogP contribution in [-0.2, 0) is 16.8 Å². The van der Waals surface area contributed by atoms with Crippen LogP contribution in [0, 0.1) is 13.8 Å². The van der Waals surface area contributed by atoms with Gasteiger partial charge in [-0.05, 0) is 30.4 Å². The molecule has 29 heavy (non-hydrogen) atoms. The van der Waals surface area contributed by atoms with Crippen molar-refractivity contribution in [2.24, 2.45) is 0 Å². The molecule has 0 aliphatic carbocycles. The standard InChI is InChI=1S/C23H30N4O2/c1-15-20(22(29)27-12-10-19(28)11-13-27)25-16(2)26-21(15)24-14-17-6-8-18(9-7-17)23(3,4)5/h6-9H,10-14H2,1-5H3,(H,24,25,26). The molecule has 1 aliphatic heterocycles. The van der Waals surface area contributed by atoms with Gasteiger partial charge in [-0.15, -0.1) is 0 Å². The van der Waals surface area contributed by atoms with Crippen molar-refractivity contribution in [3.8, 4) is 0 Å². The second kappa shape index (κ2) is 8.31. The zero-order valence-electron chi connectivity index (χ0n) is 18.0. The summed E-state index contributed by atoms with van der Waals surface area (Å²) in [5, 5.41) is 3.36. The quantitative estimate of drug-likeness (QED) is 0.853. The highest BCUT2D eigenvalue weighted by Crippen LogP contribution is 2.23. The Hall–Kier alpha value is -2.76. The third kappa shape index (κ3) is 5.00. The van der Waals surface area contributed by atoms with Crippen LogP contribution in [0.1, 0.15) is 66.6 Å². The van der Waals surface area contributed by atoms with Gasteiger partial charge in [0.15, 0.2) is 0 Å². The molecule has 1 aromatic heterocycles. The van der Waals surface area contributed by atoms with Crippen molar-refractivity contribution in [1.82, 2.24) is 14.9 Å². The summed E-state index contributed by atoms with van der Waals surface area (Å²) in [6, 6.07) is 8.55. The molecule has 0 saturated carbocycles. The Morgan fingerprint density at radius 3 is 2.28 bits per heavy atom. The fourth-order valence-corrected chi connectivity index (χ4v) is 3.43. The van der Waals surface area contributed by atoms with Gasteiger partial charge >= 0.3 is 0 Å². The molecule has 1 saturated heterocycles. The number of rotatable bonds is 4. The number of nitrogens with one attached hydrogen (secondary N) is 1. The van der Waals surface area contributed by atoms with Crippen LogP contribution in [0.5, 0.6) is 0 Å². The van der Waals surface area contributed by atoms with E-state index in [9.17, 15) is 9.59 Å². The molecule has 0 radical (unpaired) electrons. The van der Waals surface area contributed by atoms with E-state index in [0.717, 1.165) is 11.1 Å². The molecular weight excluding hydrogens is 364 g/mol. The molecule has 0 bridgehead atoms. The van der Waals surface area contributed by atoms with Crippen molar-refractivity contribution >= 4 is 17.5 Å². The number of nitrogens with zero attached hydrogens (tertiary/aromatic N) is 3. The lowest BCUT2D eigenvalue weighted by molar-refractivity contribution is -0.120. The number of benzene rings is 1. The highest BCUT2D eigenvalue weighted by atomic mass is 16.2. The lowest BCUT2D eigenvalue weighted by Gasteiger charge is -2.26. The van der Waals surface area contributed by atoms with Gasteiger partial charge in [-0.3, -0.25) is 9.59 Å². The summed E-state index contributed by atoms with van der Waals surface area (Å²) < 4.78 is 0. The second-order valence-electron chi connectivity index (χ2n) is 8.72. The van der Waals surface area contributed by atoms with Crippen LogP contribution in [0.4, 0.5) is 5.82 Å². The highest BCUT2D eigenvalue weighted by Gasteiger charge is 2.25. The Kier molecular flexibility index (Phi) is 6.01. The fourth-order valence-electron chi connectivity index (χ4n) is 3.43. The molecule has 6 heteroatoms. The molecule has 0 unspecified atom stereocenters. The summed E-state index contributed by atoms with van der Waals surface area (Å²) >= 11 is 0. The molecule has 2 aromatic rings. The van der Waals surface area contributed by atoms with Gasteiger partial charge in [-0.2, -0.15) is 0 Å². The normalized spacial score (nSPS) is 14.8. The first-order valence-corrected chi connectivity index (χ1v) is 10.1. The minimum Gasteiger partial charge on any atom is -0.366 e. The minimum atomic E-state index is -0.127. The second-order valence-corrected chi connectivity index (χ2v) is 8.72. The number of carbonyl (C=O) groups excluding carboxylic acids is 2. The first-order chi connectivity index (χ1) is 13.6. The van der Waals surface area contributed by atoms with Crippen molar-refractivity contribution in [1.29, 1.82) is 0 Å². The number of likely N-dealkylation sites (tertiary alicyclic amines) is 1. The number of aryl methyl sites for hydroxylation is 1. The Morgan fingerprint density at radius 1 is 1.07 bits per heavy atom. The van der Waals surface area contributed by atoms with Crippen LogP contribution < -0.4 is 5.32 Å². The summed E-state index contributed by atoms with van der Waals surface area (Å²) in [6.45, 7) is 11.8. The summed E-state index contributed by atoms with van der Waals surface area (Å²) in [7, 11) is 0. The van der Waals surface area contributed by atoms with E-state index in [0.29, 0.717) is 49.8 Å². The van der Waals surface area contributed by atoms with E-state index in [-0.39, 0.29) is 17.1 Å². The number of hydrogen-bond donors (Lipinski definition) is 1. The summed E-state index contributed by atoms with van der Waals surface area (Å²) in [5.41, 5.74) is 3.72. The van der Waals surface area contributed by atoms with Gasteiger partial charge in [0.05, 0.1) is 0 Å². The average molecular weight is 395 g/mol. The average Bonchev–Trinajstić information content (AvgIpc) is 2.68. The van der Waals surface area contributed by atoms with Gasteiger partial charge in [0.25, 0.3) is 5.91 Å². The Bertz CT molecular complexity index is 904. The molecule has 154 valence electrons. The Labute approximate surface area is 172 Å². The van der Waals surface area contributed by atoms with Gasteiger partial charge in [-0.25, -0.2) is 9.97 Å². The molecular formula is C23H30N4O2. The zero-order valence-corrected chi connectivity index (χ0v) is 18.0. The largest absolute Gasteiger partial charge is 0.366 e. The third-order valence-corrected chi connectivity index (χ3v) is 5.35. The van der Waals surface area contributed by atoms with Crippen molar-refractivity contribution in [2.45, 2.75) is 59.4 Å². The van der Waals surface area contributed by atoms with Gasteiger partial charge < -0.3 is 10.2 Å². The predicted molar refractivity (Wildman–Crippen MR) is 114 cm³/mol. The SMILES string of the molecule is Cc1nc(NCc2ccc(C(C)(C)C)cc2)c(C)c(C(=O)N2CCC(=O)CC2)n1. The van der Waals surface area contributed by atoms with E-state index in [1.54, 1.807) is 11.8 Å². The maximum atomic E-state index is 12.9. The monoisotopic (exact) mass is 394 g/mol. The molecule has 1 aromatic carbocycles. The van der Waals surface area contributed by atoms with Crippen LogP contribution in [0.3, 0.4) is 0 Å². The van der Waals surface area contributed by atoms with E-state index >= 15 is 0 Å². The maximum absolute atomic E-state index is 12.9. The van der Waals surface area contributed by atoms with E-state index in [4.69, 9.17) is 0 Å². The molecule has 1 aliphatic rings. The fraction of sp³-hybridized carbons (Fsp3) is 0.478. The lowest BCUT2D eigenvalue weighted by Crippen LogP contribution is -2.39. The number of piperidine rings is 1.